The standard InChI is InChI=1S/C24H20N4O2/c29-24(18-7-5-17(6-8-18)16-28-13-2-12-25-28)27-23-4-1-3-21(26-23)19-9-10-22-20(15-19)11-14-30-22/h1-10,12-13,15H,11,14,16H2,(H,26,27,29). The van der Waals surface area contributed by atoms with Crippen LogP contribution in [0.5, 0.6) is 5.75 Å². The van der Waals surface area contributed by atoms with Gasteiger partial charge in [0.15, 0.2) is 0 Å². The van der Waals surface area contributed by atoms with E-state index >= 15 is 0 Å². The number of carbonyl (C=O) groups is 1. The number of benzene rings is 2. The lowest BCUT2D eigenvalue weighted by Crippen LogP contribution is -2.13. The Morgan fingerprint density at radius 2 is 1.97 bits per heavy atom. The molecule has 1 N–H and O–H groups in total. The number of amides is 1. The molecule has 3 heterocycles. The number of ether oxygens (including phenoxy) is 1. The lowest BCUT2D eigenvalue weighted by atomic mass is 10.1. The first-order valence-corrected chi connectivity index (χ1v) is 9.85. The van der Waals surface area contributed by atoms with E-state index in [4.69, 9.17) is 4.74 Å². The van der Waals surface area contributed by atoms with Gasteiger partial charge in [-0.1, -0.05) is 18.2 Å². The van der Waals surface area contributed by atoms with Crippen LogP contribution in [-0.2, 0) is 13.0 Å². The number of anilines is 1. The molecule has 2 aromatic heterocycles. The molecular formula is C24H20N4O2. The Kier molecular flexibility index (Phi) is 4.73. The molecule has 4 aromatic rings. The summed E-state index contributed by atoms with van der Waals surface area (Å²) < 4.78 is 7.41. The lowest BCUT2D eigenvalue weighted by Gasteiger charge is -2.09. The summed E-state index contributed by atoms with van der Waals surface area (Å²) in [6, 6.07) is 21.1. The maximum Gasteiger partial charge on any atom is 0.256 e. The third-order valence-corrected chi connectivity index (χ3v) is 5.10. The number of aromatic nitrogens is 3. The van der Waals surface area contributed by atoms with E-state index in [1.807, 2.05) is 65.5 Å². The van der Waals surface area contributed by atoms with Crippen molar-refractivity contribution in [1.29, 1.82) is 0 Å². The molecule has 0 radical (unpaired) electrons. The smallest absolute Gasteiger partial charge is 0.256 e. The molecular weight excluding hydrogens is 376 g/mol. The van der Waals surface area contributed by atoms with Gasteiger partial charge in [-0.25, -0.2) is 4.98 Å². The minimum Gasteiger partial charge on any atom is -0.493 e. The monoisotopic (exact) mass is 396 g/mol. The molecule has 5 rings (SSSR count). The molecule has 1 aliphatic rings. The van der Waals surface area contributed by atoms with Crippen molar-refractivity contribution in [3.8, 4) is 17.0 Å². The molecule has 6 nitrogen and oxygen atoms in total. The van der Waals surface area contributed by atoms with Crippen molar-refractivity contribution in [3.63, 3.8) is 0 Å². The van der Waals surface area contributed by atoms with Crippen molar-refractivity contribution in [2.75, 3.05) is 11.9 Å². The molecule has 0 saturated carbocycles. The summed E-state index contributed by atoms with van der Waals surface area (Å²) in [5, 5.41) is 7.09. The molecule has 148 valence electrons. The molecule has 6 heteroatoms. The van der Waals surface area contributed by atoms with Gasteiger partial charge in [-0.15, -0.1) is 0 Å². The molecule has 0 atom stereocenters. The van der Waals surface area contributed by atoms with Gasteiger partial charge in [0.1, 0.15) is 11.6 Å². The number of hydrogen-bond acceptors (Lipinski definition) is 4. The van der Waals surface area contributed by atoms with Crippen LogP contribution < -0.4 is 10.1 Å². The summed E-state index contributed by atoms with van der Waals surface area (Å²) in [7, 11) is 0. The van der Waals surface area contributed by atoms with Gasteiger partial charge in [-0.2, -0.15) is 5.10 Å². The van der Waals surface area contributed by atoms with E-state index in [-0.39, 0.29) is 5.91 Å². The molecule has 30 heavy (non-hydrogen) atoms. The van der Waals surface area contributed by atoms with Crippen molar-refractivity contribution in [3.05, 3.63) is 95.8 Å². The van der Waals surface area contributed by atoms with Crippen LogP contribution in [0.15, 0.2) is 79.1 Å². The highest BCUT2D eigenvalue weighted by atomic mass is 16.5. The highest BCUT2D eigenvalue weighted by Crippen LogP contribution is 2.30. The minimum atomic E-state index is -0.187. The summed E-state index contributed by atoms with van der Waals surface area (Å²) in [6.45, 7) is 1.40. The predicted octanol–water partition coefficient (Wildman–Crippen LogP) is 4.18. The van der Waals surface area contributed by atoms with Crippen molar-refractivity contribution in [2.24, 2.45) is 0 Å². The first-order chi connectivity index (χ1) is 14.7. The van der Waals surface area contributed by atoms with Gasteiger partial charge in [-0.3, -0.25) is 9.48 Å². The molecule has 0 unspecified atom stereocenters. The van der Waals surface area contributed by atoms with Gasteiger partial charge in [0.05, 0.1) is 18.8 Å². The van der Waals surface area contributed by atoms with Crippen LogP contribution in [0.3, 0.4) is 0 Å². The quantitative estimate of drug-likeness (QED) is 0.549. The second-order valence-corrected chi connectivity index (χ2v) is 7.18. The van der Waals surface area contributed by atoms with Gasteiger partial charge in [0.2, 0.25) is 0 Å². The molecule has 0 aliphatic carbocycles. The Morgan fingerprint density at radius 1 is 1.07 bits per heavy atom. The van der Waals surface area contributed by atoms with E-state index in [2.05, 4.69) is 21.5 Å². The van der Waals surface area contributed by atoms with Crippen LogP contribution in [0.1, 0.15) is 21.5 Å². The molecule has 2 aromatic carbocycles. The van der Waals surface area contributed by atoms with Crippen LogP contribution in [0.2, 0.25) is 0 Å². The Hall–Kier alpha value is -3.93. The molecule has 0 fully saturated rings. The maximum absolute atomic E-state index is 12.7. The average Bonchev–Trinajstić information content (AvgIpc) is 3.45. The van der Waals surface area contributed by atoms with Gasteiger partial charge in [-0.05, 0) is 59.7 Å². The van der Waals surface area contributed by atoms with Crippen LogP contribution >= 0.6 is 0 Å². The highest BCUT2D eigenvalue weighted by Gasteiger charge is 2.14. The van der Waals surface area contributed by atoms with E-state index in [1.165, 1.54) is 5.56 Å². The van der Waals surface area contributed by atoms with E-state index in [0.717, 1.165) is 35.6 Å². The lowest BCUT2D eigenvalue weighted by molar-refractivity contribution is 0.102. The molecule has 1 aliphatic heterocycles. The summed E-state index contributed by atoms with van der Waals surface area (Å²) in [4.78, 5) is 17.3. The number of nitrogens with one attached hydrogen (secondary N) is 1. The van der Waals surface area contributed by atoms with Gasteiger partial charge in [0.25, 0.3) is 5.91 Å². The van der Waals surface area contributed by atoms with Crippen LogP contribution in [0.25, 0.3) is 11.3 Å². The first kappa shape index (κ1) is 18.1. The third kappa shape index (κ3) is 3.80. The Bertz CT molecular complexity index is 1180. The summed E-state index contributed by atoms with van der Waals surface area (Å²) in [5.41, 5.74) is 4.69. The zero-order valence-corrected chi connectivity index (χ0v) is 16.3. The van der Waals surface area contributed by atoms with Crippen molar-refractivity contribution >= 4 is 11.7 Å². The fourth-order valence-electron chi connectivity index (χ4n) is 3.54. The van der Waals surface area contributed by atoms with Crippen LogP contribution in [0.4, 0.5) is 5.82 Å². The minimum absolute atomic E-state index is 0.187. The fraction of sp³-hybridized carbons (Fsp3) is 0.125. The Balaban J connectivity index is 1.30. The first-order valence-electron chi connectivity index (χ1n) is 9.85. The van der Waals surface area contributed by atoms with E-state index in [1.54, 1.807) is 12.3 Å². The van der Waals surface area contributed by atoms with Crippen molar-refractivity contribution in [2.45, 2.75) is 13.0 Å². The average molecular weight is 396 g/mol. The SMILES string of the molecule is O=C(Nc1cccc(-c2ccc3c(c2)CCO3)n1)c1ccc(Cn2cccn2)cc1. The zero-order valence-electron chi connectivity index (χ0n) is 16.3. The van der Waals surface area contributed by atoms with Gasteiger partial charge < -0.3 is 10.1 Å². The molecule has 1 amide bonds. The molecule has 0 bridgehead atoms. The Morgan fingerprint density at radius 3 is 2.80 bits per heavy atom. The summed E-state index contributed by atoms with van der Waals surface area (Å²) >= 11 is 0. The second-order valence-electron chi connectivity index (χ2n) is 7.18. The highest BCUT2D eigenvalue weighted by molar-refractivity contribution is 6.03. The van der Waals surface area contributed by atoms with Gasteiger partial charge >= 0.3 is 0 Å². The number of nitrogens with zero attached hydrogens (tertiary/aromatic N) is 3. The normalized spacial score (nSPS) is 12.3. The van der Waals surface area contributed by atoms with Crippen LogP contribution in [0, 0.1) is 0 Å². The van der Waals surface area contributed by atoms with Crippen molar-refractivity contribution in [1.82, 2.24) is 14.8 Å². The largest absolute Gasteiger partial charge is 0.493 e. The summed E-state index contributed by atoms with van der Waals surface area (Å²) in [5.74, 6) is 1.28. The number of fused-ring (bicyclic) bond motifs is 1. The van der Waals surface area contributed by atoms with Crippen LogP contribution in [-0.4, -0.2) is 27.3 Å². The van der Waals surface area contributed by atoms with Crippen molar-refractivity contribution < 1.29 is 9.53 Å². The second kappa shape index (κ2) is 7.83. The number of hydrogen-bond donors (Lipinski definition) is 1. The molecule has 0 saturated heterocycles. The Labute approximate surface area is 174 Å². The number of rotatable bonds is 5. The topological polar surface area (TPSA) is 69.0 Å². The predicted molar refractivity (Wildman–Crippen MR) is 115 cm³/mol. The van der Waals surface area contributed by atoms with E-state index < -0.39 is 0 Å². The fourth-order valence-corrected chi connectivity index (χ4v) is 3.54. The van der Waals surface area contributed by atoms with Gasteiger partial charge in [0, 0.05) is 29.9 Å². The molecule has 0 spiro atoms. The van der Waals surface area contributed by atoms with E-state index in [9.17, 15) is 4.79 Å². The number of carbonyl (C=O) groups excluding carboxylic acids is 1. The third-order valence-electron chi connectivity index (χ3n) is 5.10. The zero-order chi connectivity index (χ0) is 20.3. The summed E-state index contributed by atoms with van der Waals surface area (Å²) in [6.07, 6.45) is 4.57. The maximum atomic E-state index is 12.7. The van der Waals surface area contributed by atoms with E-state index in [0.29, 0.717) is 17.9 Å². The number of pyridine rings is 1.